The van der Waals surface area contributed by atoms with Crippen molar-refractivity contribution < 1.29 is 4.74 Å². The van der Waals surface area contributed by atoms with Gasteiger partial charge in [0.2, 0.25) is 0 Å². The SMILES string of the molecule is CCOc1ccc(Nc2c(C)c(N[C@H]3CC[C@H](NCC4CCCCC4)CC3)c(C#N)c3ccnn23)cc1. The average molecular weight is 501 g/mol. The van der Waals surface area contributed by atoms with E-state index in [2.05, 4.69) is 34.0 Å². The van der Waals surface area contributed by atoms with Crippen LogP contribution in [0.2, 0.25) is 0 Å². The highest BCUT2D eigenvalue weighted by Crippen LogP contribution is 2.35. The summed E-state index contributed by atoms with van der Waals surface area (Å²) >= 11 is 0. The minimum absolute atomic E-state index is 0.363. The first-order valence-electron chi connectivity index (χ1n) is 14.1. The number of hydrogen-bond donors (Lipinski definition) is 3. The summed E-state index contributed by atoms with van der Waals surface area (Å²) in [6.07, 6.45) is 13.3. The molecule has 1 aromatic carbocycles. The molecule has 37 heavy (non-hydrogen) atoms. The van der Waals surface area contributed by atoms with Crippen molar-refractivity contribution in [1.82, 2.24) is 14.9 Å². The van der Waals surface area contributed by atoms with Gasteiger partial charge in [-0.3, -0.25) is 0 Å². The van der Waals surface area contributed by atoms with Crippen molar-refractivity contribution in [3.05, 3.63) is 47.7 Å². The Hall–Kier alpha value is -3.24. The van der Waals surface area contributed by atoms with Crippen LogP contribution in [-0.4, -0.2) is 34.8 Å². The molecule has 2 fully saturated rings. The molecule has 2 heterocycles. The molecule has 7 nitrogen and oxygen atoms in total. The van der Waals surface area contributed by atoms with Crippen molar-refractivity contribution in [3.63, 3.8) is 0 Å². The van der Waals surface area contributed by atoms with E-state index in [9.17, 15) is 5.26 Å². The summed E-state index contributed by atoms with van der Waals surface area (Å²) in [7, 11) is 0. The van der Waals surface area contributed by atoms with Gasteiger partial charge < -0.3 is 20.7 Å². The Kier molecular flexibility index (Phi) is 8.15. The van der Waals surface area contributed by atoms with Gasteiger partial charge in [0.1, 0.15) is 23.2 Å². The molecule has 2 aliphatic rings. The second-order valence-electron chi connectivity index (χ2n) is 10.7. The molecule has 2 aliphatic carbocycles. The molecule has 0 aliphatic heterocycles. The Morgan fingerprint density at radius 3 is 2.43 bits per heavy atom. The molecule has 196 valence electrons. The van der Waals surface area contributed by atoms with E-state index >= 15 is 0 Å². The van der Waals surface area contributed by atoms with E-state index in [0.29, 0.717) is 24.3 Å². The molecule has 0 atom stereocenters. The van der Waals surface area contributed by atoms with Gasteiger partial charge in [0.15, 0.2) is 0 Å². The number of nitriles is 1. The number of anilines is 3. The summed E-state index contributed by atoms with van der Waals surface area (Å²) in [4.78, 5) is 0. The average Bonchev–Trinajstić information content (AvgIpc) is 3.42. The highest BCUT2D eigenvalue weighted by molar-refractivity contribution is 5.82. The molecule has 5 rings (SSSR count). The van der Waals surface area contributed by atoms with Crippen molar-refractivity contribution in [2.24, 2.45) is 5.92 Å². The van der Waals surface area contributed by atoms with E-state index in [4.69, 9.17) is 4.74 Å². The summed E-state index contributed by atoms with van der Waals surface area (Å²) in [6, 6.07) is 13.3. The normalized spacial score (nSPS) is 20.5. The van der Waals surface area contributed by atoms with Crippen molar-refractivity contribution in [2.75, 3.05) is 23.8 Å². The van der Waals surface area contributed by atoms with Crippen LogP contribution in [0, 0.1) is 24.2 Å². The Labute approximate surface area is 220 Å². The molecular formula is C30H40N6O. The van der Waals surface area contributed by atoms with Crippen molar-refractivity contribution >= 4 is 22.7 Å². The molecule has 0 unspecified atom stereocenters. The molecule has 3 aromatic rings. The quantitative estimate of drug-likeness (QED) is 0.309. The first-order chi connectivity index (χ1) is 18.2. The third-order valence-electron chi connectivity index (χ3n) is 8.13. The largest absolute Gasteiger partial charge is 0.494 e. The van der Waals surface area contributed by atoms with Crippen LogP contribution in [0.4, 0.5) is 17.2 Å². The maximum Gasteiger partial charge on any atom is 0.137 e. The zero-order chi connectivity index (χ0) is 25.6. The predicted octanol–water partition coefficient (Wildman–Crippen LogP) is 6.55. The second kappa shape index (κ2) is 11.9. The lowest BCUT2D eigenvalue weighted by Crippen LogP contribution is -2.39. The van der Waals surface area contributed by atoms with E-state index in [1.54, 1.807) is 6.20 Å². The van der Waals surface area contributed by atoms with Gasteiger partial charge in [0.05, 0.1) is 24.0 Å². The van der Waals surface area contributed by atoms with Gasteiger partial charge in [-0.2, -0.15) is 10.4 Å². The molecule has 0 amide bonds. The van der Waals surface area contributed by atoms with E-state index in [1.807, 2.05) is 41.8 Å². The maximum atomic E-state index is 10.1. The van der Waals surface area contributed by atoms with Gasteiger partial charge in [0, 0.05) is 23.3 Å². The monoisotopic (exact) mass is 500 g/mol. The van der Waals surface area contributed by atoms with Crippen molar-refractivity contribution in [2.45, 2.75) is 83.7 Å². The lowest BCUT2D eigenvalue weighted by Gasteiger charge is -2.33. The van der Waals surface area contributed by atoms with Crippen LogP contribution in [0.3, 0.4) is 0 Å². The number of rotatable bonds is 9. The Morgan fingerprint density at radius 1 is 1.00 bits per heavy atom. The van der Waals surface area contributed by atoms with Crippen LogP contribution in [0.5, 0.6) is 5.75 Å². The lowest BCUT2D eigenvalue weighted by atomic mass is 9.87. The van der Waals surface area contributed by atoms with Gasteiger partial charge >= 0.3 is 0 Å². The first kappa shape index (κ1) is 25.4. The Bertz CT molecular complexity index is 1210. The number of fused-ring (bicyclic) bond motifs is 1. The van der Waals surface area contributed by atoms with E-state index in [1.165, 1.54) is 51.5 Å². The van der Waals surface area contributed by atoms with Crippen LogP contribution in [-0.2, 0) is 0 Å². The van der Waals surface area contributed by atoms with Gasteiger partial charge in [-0.15, -0.1) is 0 Å². The number of ether oxygens (including phenoxy) is 1. The summed E-state index contributed by atoms with van der Waals surface area (Å²) in [5.41, 5.74) is 4.34. The smallest absolute Gasteiger partial charge is 0.137 e. The zero-order valence-electron chi connectivity index (χ0n) is 22.2. The summed E-state index contributed by atoms with van der Waals surface area (Å²) in [6.45, 7) is 5.87. The Balaban J connectivity index is 1.29. The fourth-order valence-corrected chi connectivity index (χ4v) is 6.01. The fraction of sp³-hybridized carbons (Fsp3) is 0.533. The number of nitrogens with zero attached hydrogens (tertiary/aromatic N) is 3. The molecule has 0 bridgehead atoms. The minimum atomic E-state index is 0.363. The molecule has 0 radical (unpaired) electrons. The maximum absolute atomic E-state index is 10.1. The van der Waals surface area contributed by atoms with E-state index in [-0.39, 0.29) is 0 Å². The highest BCUT2D eigenvalue weighted by atomic mass is 16.5. The second-order valence-corrected chi connectivity index (χ2v) is 10.7. The highest BCUT2D eigenvalue weighted by Gasteiger charge is 2.25. The summed E-state index contributed by atoms with van der Waals surface area (Å²) in [5.74, 6) is 2.59. The van der Waals surface area contributed by atoms with Crippen LogP contribution in [0.25, 0.3) is 5.52 Å². The fourth-order valence-electron chi connectivity index (χ4n) is 6.01. The molecule has 3 N–H and O–H groups in total. The predicted molar refractivity (Wildman–Crippen MR) is 150 cm³/mol. The molecule has 2 saturated carbocycles. The molecule has 7 heteroatoms. The van der Waals surface area contributed by atoms with Crippen LogP contribution in [0.1, 0.15) is 75.8 Å². The van der Waals surface area contributed by atoms with Gasteiger partial charge in [-0.05, 0) is 95.2 Å². The molecule has 2 aromatic heterocycles. The number of aromatic nitrogens is 2. The van der Waals surface area contributed by atoms with Gasteiger partial charge in [-0.1, -0.05) is 19.3 Å². The third kappa shape index (κ3) is 5.86. The first-order valence-corrected chi connectivity index (χ1v) is 14.1. The van der Waals surface area contributed by atoms with Crippen molar-refractivity contribution in [1.29, 1.82) is 5.26 Å². The molecule has 0 spiro atoms. The van der Waals surface area contributed by atoms with Crippen LogP contribution < -0.4 is 20.7 Å². The Morgan fingerprint density at radius 2 is 1.73 bits per heavy atom. The lowest BCUT2D eigenvalue weighted by molar-refractivity contribution is 0.294. The zero-order valence-corrected chi connectivity index (χ0v) is 22.2. The number of hydrogen-bond acceptors (Lipinski definition) is 6. The third-order valence-corrected chi connectivity index (χ3v) is 8.13. The van der Waals surface area contributed by atoms with E-state index in [0.717, 1.165) is 52.8 Å². The van der Waals surface area contributed by atoms with Gasteiger partial charge in [0.25, 0.3) is 0 Å². The number of benzene rings is 1. The number of nitrogens with one attached hydrogen (secondary N) is 3. The summed E-state index contributed by atoms with van der Waals surface area (Å²) in [5, 5.41) is 25.8. The molecular weight excluding hydrogens is 460 g/mol. The van der Waals surface area contributed by atoms with Crippen LogP contribution >= 0.6 is 0 Å². The topological polar surface area (TPSA) is 86.4 Å². The van der Waals surface area contributed by atoms with E-state index < -0.39 is 0 Å². The standard InChI is InChI=1S/C30H40N6O/c1-3-37-26-15-13-25(14-16-26)35-30-21(2)29(27(19-31)28-17-18-33-36(28)30)34-24-11-9-23(10-12-24)32-20-22-7-5-4-6-8-22/h13-18,22-24,32,34-35H,3-12,20H2,1-2H3/t23-,24-. The van der Waals surface area contributed by atoms with Crippen molar-refractivity contribution in [3.8, 4) is 11.8 Å². The van der Waals surface area contributed by atoms with Gasteiger partial charge in [-0.25, -0.2) is 4.52 Å². The van der Waals surface area contributed by atoms with Crippen LogP contribution in [0.15, 0.2) is 36.5 Å². The minimum Gasteiger partial charge on any atom is -0.494 e. The molecule has 0 saturated heterocycles. The summed E-state index contributed by atoms with van der Waals surface area (Å²) < 4.78 is 7.42. The number of pyridine rings is 1.